The number of aromatic nitrogens is 2. The second-order valence-corrected chi connectivity index (χ2v) is 9.13. The van der Waals surface area contributed by atoms with Crippen LogP contribution in [-0.4, -0.2) is 10.2 Å². The molecule has 7 rings (SSSR count). The second-order valence-electron chi connectivity index (χ2n) is 9.13. The SMILES string of the molecule is c1ccc(-c2ccc(-c3nnc(-c4ccc(-c5c6ccccc6cc6ccccc56)cc4)o3)cc2)cc1. The van der Waals surface area contributed by atoms with Gasteiger partial charge in [0.25, 0.3) is 0 Å². The molecule has 7 aromatic rings. The number of hydrogen-bond acceptors (Lipinski definition) is 3. The topological polar surface area (TPSA) is 38.9 Å². The lowest BCUT2D eigenvalue weighted by atomic mass is 9.92. The second kappa shape index (κ2) is 8.89. The molecule has 3 nitrogen and oxygen atoms in total. The van der Waals surface area contributed by atoms with Gasteiger partial charge in [0.2, 0.25) is 11.8 Å². The highest BCUT2D eigenvalue weighted by molar-refractivity contribution is 6.12. The fourth-order valence-corrected chi connectivity index (χ4v) is 5.00. The molecular weight excluding hydrogens is 452 g/mol. The predicted molar refractivity (Wildman–Crippen MR) is 151 cm³/mol. The summed E-state index contributed by atoms with van der Waals surface area (Å²) < 4.78 is 6.07. The van der Waals surface area contributed by atoms with Crippen LogP contribution in [0.1, 0.15) is 0 Å². The Labute approximate surface area is 214 Å². The van der Waals surface area contributed by atoms with Gasteiger partial charge < -0.3 is 4.42 Å². The number of nitrogens with zero attached hydrogens (tertiary/aromatic N) is 2. The van der Waals surface area contributed by atoms with Crippen LogP contribution in [0.5, 0.6) is 0 Å². The third-order valence-corrected chi connectivity index (χ3v) is 6.86. The first-order valence-corrected chi connectivity index (χ1v) is 12.3. The van der Waals surface area contributed by atoms with Gasteiger partial charge in [0.05, 0.1) is 0 Å². The van der Waals surface area contributed by atoms with E-state index >= 15 is 0 Å². The van der Waals surface area contributed by atoms with E-state index in [9.17, 15) is 0 Å². The van der Waals surface area contributed by atoms with Crippen molar-refractivity contribution < 1.29 is 4.42 Å². The number of fused-ring (bicyclic) bond motifs is 2. The Balaban J connectivity index is 1.22. The van der Waals surface area contributed by atoms with Crippen molar-refractivity contribution >= 4 is 21.5 Å². The van der Waals surface area contributed by atoms with Gasteiger partial charge in [-0.3, -0.25) is 0 Å². The molecule has 0 atom stereocenters. The predicted octanol–water partition coefficient (Wildman–Crippen LogP) is 9.04. The summed E-state index contributed by atoms with van der Waals surface area (Å²) in [6.07, 6.45) is 0. The zero-order valence-corrected chi connectivity index (χ0v) is 20.0. The quantitative estimate of drug-likeness (QED) is 0.239. The molecule has 0 amide bonds. The van der Waals surface area contributed by atoms with Crippen molar-refractivity contribution in [2.45, 2.75) is 0 Å². The molecule has 37 heavy (non-hydrogen) atoms. The van der Waals surface area contributed by atoms with Crippen LogP contribution < -0.4 is 0 Å². The summed E-state index contributed by atoms with van der Waals surface area (Å²) in [7, 11) is 0. The van der Waals surface area contributed by atoms with E-state index in [1.807, 2.05) is 30.3 Å². The Morgan fingerprint density at radius 1 is 0.378 bits per heavy atom. The fourth-order valence-electron chi connectivity index (χ4n) is 5.00. The average molecular weight is 475 g/mol. The van der Waals surface area contributed by atoms with Gasteiger partial charge in [0, 0.05) is 11.1 Å². The van der Waals surface area contributed by atoms with Crippen LogP contribution >= 0.6 is 0 Å². The summed E-state index contributed by atoms with van der Waals surface area (Å²) in [5.41, 5.74) is 6.53. The molecule has 0 spiro atoms. The molecule has 0 aliphatic carbocycles. The molecule has 0 N–H and O–H groups in total. The molecule has 174 valence electrons. The van der Waals surface area contributed by atoms with Crippen molar-refractivity contribution in [1.82, 2.24) is 10.2 Å². The number of rotatable bonds is 4. The summed E-state index contributed by atoms with van der Waals surface area (Å²) >= 11 is 0. The van der Waals surface area contributed by atoms with Gasteiger partial charge in [-0.1, -0.05) is 103 Å². The Kier molecular flexibility index (Phi) is 5.11. The molecule has 0 saturated heterocycles. The van der Waals surface area contributed by atoms with Gasteiger partial charge >= 0.3 is 0 Å². The molecular formula is C34H22N2O. The average Bonchev–Trinajstić information content (AvgIpc) is 3.47. The molecule has 0 aliphatic rings. The summed E-state index contributed by atoms with van der Waals surface area (Å²) in [5, 5.41) is 13.6. The van der Waals surface area contributed by atoms with Crippen molar-refractivity contribution in [3.63, 3.8) is 0 Å². The lowest BCUT2D eigenvalue weighted by Gasteiger charge is -2.12. The first-order valence-electron chi connectivity index (χ1n) is 12.3. The van der Waals surface area contributed by atoms with Crippen LogP contribution in [-0.2, 0) is 0 Å². The van der Waals surface area contributed by atoms with E-state index in [0.717, 1.165) is 22.3 Å². The molecule has 0 unspecified atom stereocenters. The van der Waals surface area contributed by atoms with Crippen LogP contribution in [0.2, 0.25) is 0 Å². The Hall–Kier alpha value is -5.02. The third-order valence-electron chi connectivity index (χ3n) is 6.86. The summed E-state index contributed by atoms with van der Waals surface area (Å²) in [6, 6.07) is 46.3. The molecule has 0 fully saturated rings. The highest BCUT2D eigenvalue weighted by Gasteiger charge is 2.13. The van der Waals surface area contributed by atoms with Crippen LogP contribution in [0.3, 0.4) is 0 Å². The third kappa shape index (κ3) is 3.87. The minimum atomic E-state index is 0.511. The molecule has 1 aromatic heterocycles. The van der Waals surface area contributed by atoms with Crippen molar-refractivity contribution in [1.29, 1.82) is 0 Å². The van der Waals surface area contributed by atoms with Crippen LogP contribution in [0.4, 0.5) is 0 Å². The van der Waals surface area contributed by atoms with Crippen molar-refractivity contribution in [3.05, 3.63) is 133 Å². The lowest BCUT2D eigenvalue weighted by molar-refractivity contribution is 0.584. The Morgan fingerprint density at radius 2 is 0.811 bits per heavy atom. The standard InChI is InChI=1S/C34H22N2O/c1-2-8-23(9-3-1)24-14-18-26(19-15-24)33-35-36-34(37-33)27-20-16-25(17-21-27)32-30-12-6-4-10-28(30)22-29-11-5-7-13-31(29)32/h1-22H. The highest BCUT2D eigenvalue weighted by Crippen LogP contribution is 2.37. The van der Waals surface area contributed by atoms with Gasteiger partial charge in [-0.2, -0.15) is 0 Å². The molecule has 0 radical (unpaired) electrons. The van der Waals surface area contributed by atoms with E-state index in [1.54, 1.807) is 0 Å². The zero-order valence-electron chi connectivity index (χ0n) is 20.0. The maximum Gasteiger partial charge on any atom is 0.248 e. The van der Waals surface area contributed by atoms with E-state index < -0.39 is 0 Å². The Bertz CT molecular complexity index is 1800. The molecule has 3 heteroatoms. The molecule has 0 aliphatic heterocycles. The van der Waals surface area contributed by atoms with Gasteiger partial charge in [0.15, 0.2) is 0 Å². The van der Waals surface area contributed by atoms with Gasteiger partial charge in [-0.25, -0.2) is 0 Å². The van der Waals surface area contributed by atoms with E-state index in [2.05, 4.69) is 113 Å². The van der Waals surface area contributed by atoms with Gasteiger partial charge in [-0.15, -0.1) is 10.2 Å². The molecule has 6 aromatic carbocycles. The molecule has 0 saturated carbocycles. The smallest absolute Gasteiger partial charge is 0.248 e. The van der Waals surface area contributed by atoms with Crippen molar-refractivity contribution in [3.8, 4) is 45.2 Å². The van der Waals surface area contributed by atoms with Crippen LogP contribution in [0.15, 0.2) is 138 Å². The monoisotopic (exact) mass is 474 g/mol. The summed E-state index contributed by atoms with van der Waals surface area (Å²) in [4.78, 5) is 0. The Morgan fingerprint density at radius 3 is 1.38 bits per heavy atom. The van der Waals surface area contributed by atoms with Gasteiger partial charge in [0.1, 0.15) is 0 Å². The maximum atomic E-state index is 6.07. The van der Waals surface area contributed by atoms with Gasteiger partial charge in [-0.05, 0) is 74.1 Å². The number of hydrogen-bond donors (Lipinski definition) is 0. The largest absolute Gasteiger partial charge is 0.416 e. The normalized spacial score (nSPS) is 11.2. The highest BCUT2D eigenvalue weighted by atomic mass is 16.4. The summed E-state index contributed by atoms with van der Waals surface area (Å²) in [5.74, 6) is 1.02. The zero-order chi connectivity index (χ0) is 24.6. The van der Waals surface area contributed by atoms with Crippen LogP contribution in [0, 0.1) is 0 Å². The van der Waals surface area contributed by atoms with Crippen molar-refractivity contribution in [2.24, 2.45) is 0 Å². The molecule has 0 bridgehead atoms. The first-order chi connectivity index (χ1) is 18.3. The molecule has 1 heterocycles. The summed E-state index contributed by atoms with van der Waals surface area (Å²) in [6.45, 7) is 0. The minimum Gasteiger partial charge on any atom is -0.416 e. The maximum absolute atomic E-state index is 6.07. The first kappa shape index (κ1) is 21.3. The van der Waals surface area contributed by atoms with E-state index in [0.29, 0.717) is 11.8 Å². The van der Waals surface area contributed by atoms with Crippen molar-refractivity contribution in [2.75, 3.05) is 0 Å². The fraction of sp³-hybridized carbons (Fsp3) is 0. The minimum absolute atomic E-state index is 0.511. The number of benzene rings is 6. The van der Waals surface area contributed by atoms with E-state index in [1.165, 1.54) is 32.7 Å². The van der Waals surface area contributed by atoms with E-state index in [-0.39, 0.29) is 0 Å². The van der Waals surface area contributed by atoms with Crippen LogP contribution in [0.25, 0.3) is 66.7 Å². The van der Waals surface area contributed by atoms with E-state index in [4.69, 9.17) is 4.42 Å². The lowest BCUT2D eigenvalue weighted by Crippen LogP contribution is -1.86.